The van der Waals surface area contributed by atoms with Crippen molar-refractivity contribution in [2.75, 3.05) is 39.3 Å². The molecule has 1 aliphatic heterocycles. The molecule has 2 rings (SSSR count). The fraction of sp³-hybridized carbons (Fsp3) is 0.438. The van der Waals surface area contributed by atoms with Gasteiger partial charge in [0.1, 0.15) is 0 Å². The number of piperazine rings is 1. The molecule has 1 saturated heterocycles. The first-order valence-corrected chi connectivity index (χ1v) is 9.61. The van der Waals surface area contributed by atoms with Crippen LogP contribution in [0, 0.1) is 0 Å². The Morgan fingerprint density at radius 2 is 1.62 bits per heavy atom. The number of nitrogens with zero attached hydrogens (tertiary/aromatic N) is 2. The summed E-state index contributed by atoms with van der Waals surface area (Å²) in [4.78, 5) is 35.1. The lowest BCUT2D eigenvalue weighted by Crippen LogP contribution is -2.47. The van der Waals surface area contributed by atoms with Crippen LogP contribution in [0.15, 0.2) is 29.2 Å². The second kappa shape index (κ2) is 8.77. The highest BCUT2D eigenvalue weighted by atomic mass is 32.2. The summed E-state index contributed by atoms with van der Waals surface area (Å²) in [6, 6.07) is 5.68. The van der Waals surface area contributed by atoms with Crippen molar-refractivity contribution in [3.05, 3.63) is 29.8 Å². The monoisotopic (exact) mass is 382 g/mol. The van der Waals surface area contributed by atoms with Crippen LogP contribution in [0.1, 0.15) is 17.3 Å². The van der Waals surface area contributed by atoms with E-state index < -0.39 is 10.0 Å². The lowest BCUT2D eigenvalue weighted by molar-refractivity contribution is -0.119. The Labute approximate surface area is 152 Å². The van der Waals surface area contributed by atoms with Crippen LogP contribution in [0.3, 0.4) is 0 Å². The largest absolute Gasteiger partial charge is 0.355 e. The van der Waals surface area contributed by atoms with Gasteiger partial charge in [0.2, 0.25) is 22.3 Å². The molecule has 0 spiro atoms. The zero-order valence-electron chi connectivity index (χ0n) is 14.5. The molecule has 2 N–H and O–H groups in total. The molecule has 0 aliphatic carbocycles. The van der Waals surface area contributed by atoms with Crippen LogP contribution < -0.4 is 10.6 Å². The minimum absolute atomic E-state index is 0.104. The fourth-order valence-corrected chi connectivity index (χ4v) is 3.92. The Bertz CT molecular complexity index is 755. The summed E-state index contributed by atoms with van der Waals surface area (Å²) in [7, 11) is -3.66. The number of benzene rings is 1. The first kappa shape index (κ1) is 19.9. The number of amides is 3. The van der Waals surface area contributed by atoms with E-state index in [4.69, 9.17) is 0 Å². The SMILES string of the molecule is CC(=O)NCCNC(=O)c1ccc(S(=O)(=O)N2CCN(C=O)CC2)cc1. The van der Waals surface area contributed by atoms with E-state index in [-0.39, 0.29) is 36.3 Å². The number of nitrogens with one attached hydrogen (secondary N) is 2. The molecule has 142 valence electrons. The van der Waals surface area contributed by atoms with Crippen molar-refractivity contribution in [1.82, 2.24) is 19.8 Å². The zero-order valence-corrected chi connectivity index (χ0v) is 15.3. The molecule has 0 unspecified atom stereocenters. The lowest BCUT2D eigenvalue weighted by atomic mass is 10.2. The van der Waals surface area contributed by atoms with E-state index in [1.807, 2.05) is 0 Å². The maximum Gasteiger partial charge on any atom is 0.251 e. The highest BCUT2D eigenvalue weighted by Gasteiger charge is 2.28. The molecule has 1 aliphatic rings. The summed E-state index contributed by atoms with van der Waals surface area (Å²) in [6.07, 6.45) is 0.712. The molecule has 1 fully saturated rings. The van der Waals surface area contributed by atoms with Crippen molar-refractivity contribution in [2.45, 2.75) is 11.8 Å². The summed E-state index contributed by atoms with van der Waals surface area (Å²) in [5.41, 5.74) is 0.331. The molecule has 0 atom stereocenters. The minimum atomic E-state index is -3.66. The van der Waals surface area contributed by atoms with Crippen LogP contribution in [-0.2, 0) is 19.6 Å². The number of hydrogen-bond donors (Lipinski definition) is 2. The van der Waals surface area contributed by atoms with Gasteiger partial charge in [0, 0.05) is 51.8 Å². The third-order valence-corrected chi connectivity index (χ3v) is 5.87. The van der Waals surface area contributed by atoms with Crippen molar-refractivity contribution in [2.24, 2.45) is 0 Å². The predicted molar refractivity (Wildman–Crippen MR) is 93.9 cm³/mol. The minimum Gasteiger partial charge on any atom is -0.355 e. The standard InChI is InChI=1S/C16H22N4O5S/c1-13(22)17-6-7-18-16(23)14-2-4-15(5-3-14)26(24,25)20-10-8-19(12-21)9-11-20/h2-5,12H,6-11H2,1H3,(H,17,22)(H,18,23). The highest BCUT2D eigenvalue weighted by molar-refractivity contribution is 7.89. The summed E-state index contributed by atoms with van der Waals surface area (Å²) in [5.74, 6) is -0.526. The molecule has 1 heterocycles. The average Bonchev–Trinajstić information content (AvgIpc) is 2.65. The van der Waals surface area contributed by atoms with E-state index in [0.717, 1.165) is 0 Å². The molecular formula is C16H22N4O5S. The number of carbonyl (C=O) groups excluding carboxylic acids is 3. The molecule has 10 heteroatoms. The average molecular weight is 382 g/mol. The van der Waals surface area contributed by atoms with Gasteiger partial charge in [-0.3, -0.25) is 14.4 Å². The van der Waals surface area contributed by atoms with Gasteiger partial charge in [-0.25, -0.2) is 8.42 Å². The molecule has 9 nitrogen and oxygen atoms in total. The Balaban J connectivity index is 1.96. The third kappa shape index (κ3) is 5.02. The highest BCUT2D eigenvalue weighted by Crippen LogP contribution is 2.18. The molecule has 1 aromatic carbocycles. The van der Waals surface area contributed by atoms with Gasteiger partial charge in [-0.1, -0.05) is 0 Å². The van der Waals surface area contributed by atoms with Gasteiger partial charge in [-0.2, -0.15) is 4.31 Å². The Morgan fingerprint density at radius 3 is 2.15 bits per heavy atom. The Kier molecular flexibility index (Phi) is 6.70. The van der Waals surface area contributed by atoms with E-state index in [0.29, 0.717) is 31.6 Å². The number of rotatable bonds is 7. The Morgan fingerprint density at radius 1 is 1.04 bits per heavy atom. The second-order valence-electron chi connectivity index (χ2n) is 5.81. The van der Waals surface area contributed by atoms with E-state index in [1.165, 1.54) is 40.4 Å². The molecule has 0 saturated carbocycles. The van der Waals surface area contributed by atoms with Crippen molar-refractivity contribution >= 4 is 28.2 Å². The number of hydrogen-bond acceptors (Lipinski definition) is 5. The van der Waals surface area contributed by atoms with Crippen LogP contribution >= 0.6 is 0 Å². The number of sulfonamides is 1. The van der Waals surface area contributed by atoms with Gasteiger partial charge in [0.05, 0.1) is 4.90 Å². The smallest absolute Gasteiger partial charge is 0.251 e. The van der Waals surface area contributed by atoms with Crippen LogP contribution in [0.5, 0.6) is 0 Å². The summed E-state index contributed by atoms with van der Waals surface area (Å²) in [6.45, 7) is 3.19. The predicted octanol–water partition coefficient (Wildman–Crippen LogP) is -0.985. The second-order valence-corrected chi connectivity index (χ2v) is 7.75. The van der Waals surface area contributed by atoms with Gasteiger partial charge < -0.3 is 15.5 Å². The molecule has 0 radical (unpaired) electrons. The van der Waals surface area contributed by atoms with Gasteiger partial charge in [-0.15, -0.1) is 0 Å². The van der Waals surface area contributed by atoms with Gasteiger partial charge in [0.25, 0.3) is 5.91 Å². The molecular weight excluding hydrogens is 360 g/mol. The normalized spacial score (nSPS) is 15.3. The first-order valence-electron chi connectivity index (χ1n) is 8.17. The molecule has 1 aromatic rings. The lowest BCUT2D eigenvalue weighted by Gasteiger charge is -2.31. The summed E-state index contributed by atoms with van der Waals surface area (Å²) < 4.78 is 26.6. The number of carbonyl (C=O) groups is 3. The first-order chi connectivity index (χ1) is 12.3. The van der Waals surface area contributed by atoms with Crippen LogP contribution in [-0.4, -0.2) is 75.1 Å². The van der Waals surface area contributed by atoms with Crippen LogP contribution in [0.2, 0.25) is 0 Å². The van der Waals surface area contributed by atoms with Crippen molar-refractivity contribution in [3.8, 4) is 0 Å². The van der Waals surface area contributed by atoms with E-state index in [1.54, 1.807) is 0 Å². The van der Waals surface area contributed by atoms with Crippen molar-refractivity contribution in [1.29, 1.82) is 0 Å². The van der Waals surface area contributed by atoms with E-state index in [2.05, 4.69) is 10.6 Å². The maximum atomic E-state index is 12.6. The Hall–Kier alpha value is -2.46. The van der Waals surface area contributed by atoms with Crippen molar-refractivity contribution in [3.63, 3.8) is 0 Å². The van der Waals surface area contributed by atoms with Crippen LogP contribution in [0.4, 0.5) is 0 Å². The van der Waals surface area contributed by atoms with Crippen LogP contribution in [0.25, 0.3) is 0 Å². The zero-order chi connectivity index (χ0) is 19.2. The van der Waals surface area contributed by atoms with Gasteiger partial charge >= 0.3 is 0 Å². The van der Waals surface area contributed by atoms with Crippen molar-refractivity contribution < 1.29 is 22.8 Å². The maximum absolute atomic E-state index is 12.6. The topological polar surface area (TPSA) is 116 Å². The molecule has 3 amide bonds. The molecule has 0 bridgehead atoms. The van der Waals surface area contributed by atoms with Gasteiger partial charge in [-0.05, 0) is 24.3 Å². The molecule has 26 heavy (non-hydrogen) atoms. The van der Waals surface area contributed by atoms with E-state index in [9.17, 15) is 22.8 Å². The fourth-order valence-electron chi connectivity index (χ4n) is 2.49. The van der Waals surface area contributed by atoms with E-state index >= 15 is 0 Å². The molecule has 0 aromatic heterocycles. The third-order valence-electron chi connectivity index (χ3n) is 3.96. The quantitative estimate of drug-likeness (QED) is 0.464. The summed E-state index contributed by atoms with van der Waals surface area (Å²) in [5, 5.41) is 5.20. The summed E-state index contributed by atoms with van der Waals surface area (Å²) >= 11 is 0. The van der Waals surface area contributed by atoms with Gasteiger partial charge in [0.15, 0.2) is 0 Å².